The predicted octanol–water partition coefficient (Wildman–Crippen LogP) is 2.98. The molecule has 1 N–H and O–H groups in total. The smallest absolute Gasteiger partial charge is 0.309 e. The summed E-state index contributed by atoms with van der Waals surface area (Å²) in [5, 5.41) is 9.94. The molecule has 1 saturated carbocycles. The number of esters is 1. The van der Waals surface area contributed by atoms with Crippen LogP contribution in [0.25, 0.3) is 0 Å². The highest BCUT2D eigenvalue weighted by Gasteiger charge is 2.55. The van der Waals surface area contributed by atoms with Crippen LogP contribution in [0, 0.1) is 23.2 Å². The molecule has 2 unspecified atom stereocenters. The van der Waals surface area contributed by atoms with Gasteiger partial charge in [-0.3, -0.25) is 4.79 Å². The van der Waals surface area contributed by atoms with Crippen molar-refractivity contribution in [2.75, 3.05) is 0 Å². The number of carbonyl (C=O) groups excluding carboxylic acids is 1. The average molecular weight is 248 g/mol. The highest BCUT2D eigenvalue weighted by Crippen LogP contribution is 2.55. The van der Waals surface area contributed by atoms with Gasteiger partial charge in [0.15, 0.2) is 0 Å². The zero-order valence-corrected chi connectivity index (χ0v) is 11.1. The van der Waals surface area contributed by atoms with E-state index in [2.05, 4.69) is 13.0 Å². The van der Waals surface area contributed by atoms with Gasteiger partial charge in [0, 0.05) is 11.8 Å². The van der Waals surface area contributed by atoms with E-state index < -0.39 is 0 Å². The molecule has 98 valence electrons. The maximum absolute atomic E-state index is 11.8. The van der Waals surface area contributed by atoms with Crippen LogP contribution in [0.1, 0.15) is 33.6 Å². The van der Waals surface area contributed by atoms with Gasteiger partial charge in [-0.15, -0.1) is 0 Å². The van der Waals surface area contributed by atoms with Gasteiger partial charge in [-0.2, -0.15) is 0 Å². The monoisotopic (exact) mass is 248 g/mol. The minimum absolute atomic E-state index is 0.000369. The molecule has 18 heavy (non-hydrogen) atoms. The van der Waals surface area contributed by atoms with Crippen LogP contribution in [0.5, 0.6) is 0 Å². The third kappa shape index (κ3) is 1.39. The van der Waals surface area contributed by atoms with Gasteiger partial charge in [0.25, 0.3) is 0 Å². The van der Waals surface area contributed by atoms with Crippen LogP contribution in [-0.2, 0) is 9.53 Å². The van der Waals surface area contributed by atoms with Crippen LogP contribution >= 0.6 is 0 Å². The molecule has 0 spiro atoms. The van der Waals surface area contributed by atoms with E-state index in [4.69, 9.17) is 4.74 Å². The Bertz CT molecular complexity index is 462. The molecule has 0 aromatic carbocycles. The molecule has 2 fully saturated rings. The number of hydrogen-bond acceptors (Lipinski definition) is 3. The highest BCUT2D eigenvalue weighted by atomic mass is 16.6. The van der Waals surface area contributed by atoms with Crippen LogP contribution in [0.3, 0.4) is 0 Å². The molecule has 3 rings (SSSR count). The lowest BCUT2D eigenvalue weighted by molar-refractivity contribution is -0.146. The second-order valence-corrected chi connectivity index (χ2v) is 6.28. The summed E-state index contributed by atoms with van der Waals surface area (Å²) >= 11 is 0. The van der Waals surface area contributed by atoms with Gasteiger partial charge in [-0.1, -0.05) is 19.9 Å². The first-order valence-electron chi connectivity index (χ1n) is 6.73. The maximum atomic E-state index is 11.8. The third-order valence-corrected chi connectivity index (χ3v) is 5.24. The van der Waals surface area contributed by atoms with E-state index in [0.717, 1.165) is 18.4 Å². The molecule has 3 nitrogen and oxygen atoms in total. The van der Waals surface area contributed by atoms with Gasteiger partial charge < -0.3 is 9.84 Å². The zero-order chi connectivity index (χ0) is 13.1. The van der Waals surface area contributed by atoms with E-state index >= 15 is 0 Å². The summed E-state index contributed by atoms with van der Waals surface area (Å²) in [7, 11) is 0. The normalized spacial score (nSPS) is 46.7. The Kier molecular flexibility index (Phi) is 2.38. The van der Waals surface area contributed by atoms with Gasteiger partial charge in [0.2, 0.25) is 0 Å². The Balaban J connectivity index is 2.03. The van der Waals surface area contributed by atoms with Crippen LogP contribution in [-0.4, -0.2) is 17.2 Å². The van der Waals surface area contributed by atoms with Crippen molar-refractivity contribution >= 4 is 5.97 Å². The molecule has 0 aromatic rings. The van der Waals surface area contributed by atoms with Crippen molar-refractivity contribution in [2.24, 2.45) is 23.2 Å². The molecule has 0 radical (unpaired) electrons. The van der Waals surface area contributed by atoms with Crippen molar-refractivity contribution in [2.45, 2.75) is 39.7 Å². The molecule has 1 saturated heterocycles. The predicted molar refractivity (Wildman–Crippen MR) is 67.8 cm³/mol. The van der Waals surface area contributed by atoms with E-state index in [1.165, 1.54) is 0 Å². The van der Waals surface area contributed by atoms with E-state index in [1.54, 1.807) is 6.08 Å². The fourth-order valence-corrected chi connectivity index (χ4v) is 4.01. The summed E-state index contributed by atoms with van der Waals surface area (Å²) in [6, 6.07) is 0. The minimum atomic E-state index is -0.0731. The minimum Gasteiger partial charge on any atom is -0.508 e. The Morgan fingerprint density at radius 2 is 2.22 bits per heavy atom. The van der Waals surface area contributed by atoms with Gasteiger partial charge in [-0.25, -0.2) is 0 Å². The van der Waals surface area contributed by atoms with Crippen molar-refractivity contribution < 1.29 is 14.6 Å². The van der Waals surface area contributed by atoms with Crippen LogP contribution in [0.15, 0.2) is 23.5 Å². The Morgan fingerprint density at radius 3 is 2.94 bits per heavy atom. The van der Waals surface area contributed by atoms with Gasteiger partial charge >= 0.3 is 5.97 Å². The number of hydrogen-bond donors (Lipinski definition) is 1. The molecule has 2 aliphatic carbocycles. The summed E-state index contributed by atoms with van der Waals surface area (Å²) in [6.45, 7) is 6.13. The SMILES string of the molecule is CC1=C(O)C=C[C@]2(C)CC[C@H]3C(C)C(=O)O[C@@H]3C12. The average Bonchev–Trinajstić information content (AvgIpc) is 2.60. The summed E-state index contributed by atoms with van der Waals surface area (Å²) < 4.78 is 5.61. The van der Waals surface area contributed by atoms with Gasteiger partial charge in [0.1, 0.15) is 11.9 Å². The second kappa shape index (κ2) is 3.62. The molecule has 5 atom stereocenters. The molecule has 0 bridgehead atoms. The van der Waals surface area contributed by atoms with Crippen molar-refractivity contribution in [3.8, 4) is 0 Å². The number of rotatable bonds is 0. The van der Waals surface area contributed by atoms with Crippen LogP contribution < -0.4 is 0 Å². The van der Waals surface area contributed by atoms with Crippen molar-refractivity contribution in [3.63, 3.8) is 0 Å². The summed E-state index contributed by atoms with van der Waals surface area (Å²) in [5.41, 5.74) is 0.985. The van der Waals surface area contributed by atoms with E-state index in [1.807, 2.05) is 13.8 Å². The summed E-state index contributed by atoms with van der Waals surface area (Å²) in [6.07, 6.45) is 5.92. The molecular weight excluding hydrogens is 228 g/mol. The van der Waals surface area contributed by atoms with Crippen LogP contribution in [0.4, 0.5) is 0 Å². The first-order valence-corrected chi connectivity index (χ1v) is 6.73. The quantitative estimate of drug-likeness (QED) is 0.670. The number of aliphatic hydroxyl groups is 1. The van der Waals surface area contributed by atoms with Crippen molar-refractivity contribution in [3.05, 3.63) is 23.5 Å². The molecular formula is C15H20O3. The first-order chi connectivity index (χ1) is 8.44. The lowest BCUT2D eigenvalue weighted by Gasteiger charge is -2.47. The Hall–Kier alpha value is -1.25. The zero-order valence-electron chi connectivity index (χ0n) is 11.1. The van der Waals surface area contributed by atoms with Crippen LogP contribution in [0.2, 0.25) is 0 Å². The van der Waals surface area contributed by atoms with E-state index in [9.17, 15) is 9.90 Å². The summed E-state index contributed by atoms with van der Waals surface area (Å²) in [5.74, 6) is 0.713. The third-order valence-electron chi connectivity index (χ3n) is 5.24. The lowest BCUT2D eigenvalue weighted by atomic mass is 9.58. The number of carbonyl (C=O) groups is 1. The first kappa shape index (κ1) is 11.8. The number of ether oxygens (including phenoxy) is 1. The number of allylic oxidation sites excluding steroid dienone is 2. The largest absolute Gasteiger partial charge is 0.508 e. The number of fused-ring (bicyclic) bond motifs is 3. The molecule has 0 aromatic heterocycles. The number of aliphatic hydroxyl groups excluding tert-OH is 1. The molecule has 1 aliphatic heterocycles. The Morgan fingerprint density at radius 1 is 1.50 bits per heavy atom. The fraction of sp³-hybridized carbons (Fsp3) is 0.667. The van der Waals surface area contributed by atoms with Crippen molar-refractivity contribution in [1.29, 1.82) is 0 Å². The highest BCUT2D eigenvalue weighted by molar-refractivity contribution is 5.75. The molecule has 3 aliphatic rings. The summed E-state index contributed by atoms with van der Waals surface area (Å²) in [4.78, 5) is 11.8. The standard InChI is InChI=1S/C15H20O3/c1-8-10-4-6-15(3)7-5-11(16)9(2)12(15)13(10)18-14(8)17/h5,7-8,10,12-13,16H,4,6H2,1-3H3/t8?,10-,12?,13-,15-/m0/s1. The molecule has 1 heterocycles. The second-order valence-electron chi connectivity index (χ2n) is 6.28. The Labute approximate surface area is 108 Å². The van der Waals surface area contributed by atoms with Gasteiger partial charge in [0.05, 0.1) is 5.92 Å². The maximum Gasteiger partial charge on any atom is 0.309 e. The lowest BCUT2D eigenvalue weighted by Crippen LogP contribution is -2.45. The fourth-order valence-electron chi connectivity index (χ4n) is 4.01. The molecule has 0 amide bonds. The van der Waals surface area contributed by atoms with Crippen molar-refractivity contribution in [1.82, 2.24) is 0 Å². The van der Waals surface area contributed by atoms with Gasteiger partial charge in [-0.05, 0) is 36.8 Å². The van der Waals surface area contributed by atoms with E-state index in [0.29, 0.717) is 11.7 Å². The van der Waals surface area contributed by atoms with E-state index in [-0.39, 0.29) is 29.3 Å². The topological polar surface area (TPSA) is 46.5 Å². The molecule has 3 heteroatoms.